The molecule has 0 aromatic rings. The predicted octanol–water partition coefficient (Wildman–Crippen LogP) is -1.28. The first-order chi connectivity index (χ1) is 2.00. The summed E-state index contributed by atoms with van der Waals surface area (Å²) in [6, 6.07) is 0. The Hall–Kier alpha value is 0.999. The molecule has 0 saturated carbocycles. The summed E-state index contributed by atoms with van der Waals surface area (Å²) in [5.74, 6) is 0. The van der Waals surface area contributed by atoms with Gasteiger partial charge in [0.25, 0.3) is 0 Å². The van der Waals surface area contributed by atoms with E-state index in [1.54, 1.807) is 0 Å². The summed E-state index contributed by atoms with van der Waals surface area (Å²) in [5, 5.41) is 0. The molecule has 0 nitrogen and oxygen atoms in total. The summed E-state index contributed by atoms with van der Waals surface area (Å²) in [5.41, 5.74) is 0. The van der Waals surface area contributed by atoms with Crippen LogP contribution < -0.4 is 29.6 Å². The minimum atomic E-state index is 0. The molecular weight excluding hydrogens is 127 g/mol. The second-order valence-corrected chi connectivity index (χ2v) is 0. The molecule has 0 unspecified atom stereocenters. The van der Waals surface area contributed by atoms with Gasteiger partial charge in [-0.25, -0.2) is 0 Å². The molecule has 0 aliphatic heterocycles. The molecule has 0 N–H and O–H groups in total. The Morgan fingerprint density at radius 1 is 0.833 bits per heavy atom. The van der Waals surface area contributed by atoms with Gasteiger partial charge in [-0.05, 0) is 0 Å². The zero-order chi connectivity index (χ0) is 4.00. The molecule has 0 amide bonds. The van der Waals surface area contributed by atoms with Crippen molar-refractivity contribution in [3.63, 3.8) is 0 Å². The maximum Gasteiger partial charge on any atom is 1.00 e. The van der Waals surface area contributed by atoms with Crippen molar-refractivity contribution in [1.82, 2.24) is 0 Å². The van der Waals surface area contributed by atoms with Crippen molar-refractivity contribution in [1.29, 1.82) is 0 Å². The second-order valence-electron chi connectivity index (χ2n) is 0. The van der Waals surface area contributed by atoms with Gasteiger partial charge in [0.2, 0.25) is 0 Å². The van der Waals surface area contributed by atoms with Crippen LogP contribution in [-0.4, -0.2) is 0 Å². The summed E-state index contributed by atoms with van der Waals surface area (Å²) in [4.78, 5) is 0. The molecule has 0 rings (SSSR count). The molecule has 0 saturated heterocycles. The first-order valence-corrected chi connectivity index (χ1v) is 1.000. The van der Waals surface area contributed by atoms with Crippen LogP contribution in [0.15, 0.2) is 26.3 Å². The molecule has 0 bridgehead atoms. The van der Waals surface area contributed by atoms with Gasteiger partial charge in [-0.15, -0.1) is 26.3 Å². The Morgan fingerprint density at radius 2 is 0.833 bits per heavy atom. The van der Waals surface area contributed by atoms with Crippen LogP contribution >= 0.6 is 0 Å². The van der Waals surface area contributed by atoms with Crippen LogP contribution in [0, 0.1) is 0 Å². The molecule has 0 heterocycles. The molecule has 0 atom stereocenters. The molecule has 6 heavy (non-hydrogen) atoms. The van der Waals surface area contributed by atoms with Gasteiger partial charge in [-0.3, -0.25) is 0 Å². The van der Waals surface area contributed by atoms with Crippen molar-refractivity contribution in [3.05, 3.63) is 26.3 Å². The molecular formula is C4H9FeNa. The molecule has 34 valence electrons. The minimum Gasteiger partial charge on any atom is -1.00 e. The van der Waals surface area contributed by atoms with Crippen LogP contribution in [0.3, 0.4) is 0 Å². The normalized spacial score (nSPS) is 1.33. The van der Waals surface area contributed by atoms with E-state index in [1.807, 2.05) is 0 Å². The summed E-state index contributed by atoms with van der Waals surface area (Å²) in [6.45, 7) is 12.0. The zero-order valence-corrected chi connectivity index (χ0v) is 7.29. The Labute approximate surface area is 74.0 Å². The molecule has 0 aliphatic rings. The monoisotopic (exact) mass is 136 g/mol. The van der Waals surface area contributed by atoms with Crippen molar-refractivity contribution in [3.8, 4) is 0 Å². The van der Waals surface area contributed by atoms with Crippen LogP contribution in [0.25, 0.3) is 0 Å². The molecule has 0 aromatic carbocycles. The predicted molar refractivity (Wildman–Crippen MR) is 23.6 cm³/mol. The fourth-order valence-corrected chi connectivity index (χ4v) is 0. The van der Waals surface area contributed by atoms with E-state index in [-0.39, 0.29) is 48.1 Å². The van der Waals surface area contributed by atoms with Gasteiger partial charge in [-0.2, -0.15) is 0 Å². The maximum atomic E-state index is 3.00. The molecule has 0 aromatic heterocycles. The largest absolute Gasteiger partial charge is 1.00 e. The average molecular weight is 136 g/mol. The molecule has 2 heteroatoms. The van der Waals surface area contributed by atoms with Crippen molar-refractivity contribution in [2.24, 2.45) is 0 Å². The van der Waals surface area contributed by atoms with E-state index < -0.39 is 0 Å². The topological polar surface area (TPSA) is 0 Å². The summed E-state index contributed by atoms with van der Waals surface area (Å²) in [6.07, 6.45) is 0. The van der Waals surface area contributed by atoms with Crippen LogP contribution in [-0.2, 0) is 17.1 Å². The van der Waals surface area contributed by atoms with E-state index in [0.717, 1.165) is 0 Å². The van der Waals surface area contributed by atoms with E-state index in [1.165, 1.54) is 0 Å². The van der Waals surface area contributed by atoms with Gasteiger partial charge in [0.15, 0.2) is 0 Å². The maximum absolute atomic E-state index is 3.00. The Balaban J connectivity index is -0.00000000267. The molecule has 0 radical (unpaired) electrons. The fraction of sp³-hybridized carbons (Fsp3) is 0. The number of hydrogen-bond donors (Lipinski definition) is 0. The first-order valence-electron chi connectivity index (χ1n) is 1.000. The van der Waals surface area contributed by atoms with Crippen LogP contribution in [0.2, 0.25) is 0 Å². The second kappa shape index (κ2) is 150. The third-order valence-electron chi connectivity index (χ3n) is 0. The summed E-state index contributed by atoms with van der Waals surface area (Å²) >= 11 is 0. The quantitative estimate of drug-likeness (QED) is 0.287. The van der Waals surface area contributed by atoms with E-state index in [4.69, 9.17) is 0 Å². The van der Waals surface area contributed by atoms with Crippen molar-refractivity contribution >= 4 is 0 Å². The van der Waals surface area contributed by atoms with Gasteiger partial charge in [0.1, 0.15) is 0 Å². The van der Waals surface area contributed by atoms with Crippen LogP contribution in [0.4, 0.5) is 0 Å². The van der Waals surface area contributed by atoms with E-state index >= 15 is 0 Å². The van der Waals surface area contributed by atoms with Gasteiger partial charge in [0, 0.05) is 17.1 Å². The molecule has 0 spiro atoms. The third kappa shape index (κ3) is 80.1. The Morgan fingerprint density at radius 3 is 0.833 bits per heavy atom. The molecule has 0 fully saturated rings. The SMILES string of the molecule is C=C.C=C.[Fe].[H-].[Na+]. The van der Waals surface area contributed by atoms with Crippen molar-refractivity contribution < 1.29 is 48.1 Å². The third-order valence-corrected chi connectivity index (χ3v) is 0. The summed E-state index contributed by atoms with van der Waals surface area (Å²) < 4.78 is 0. The number of hydrogen-bond acceptors (Lipinski definition) is 0. The standard InChI is InChI=1S/2C2H4.Fe.Na.H/c2*1-2;;;/h2*1-2H2;;;/q;;;+1;-1. The average Bonchev–Trinajstić information content (AvgIpc) is 1.50. The number of rotatable bonds is 0. The van der Waals surface area contributed by atoms with Gasteiger partial charge >= 0.3 is 29.6 Å². The van der Waals surface area contributed by atoms with E-state index in [0.29, 0.717) is 0 Å². The Kier molecular flexibility index (Phi) is 701. The zero-order valence-electron chi connectivity index (χ0n) is 5.18. The van der Waals surface area contributed by atoms with Gasteiger partial charge < -0.3 is 1.43 Å². The first kappa shape index (κ1) is 28.0. The minimum absolute atomic E-state index is 0. The molecule has 0 aliphatic carbocycles. The van der Waals surface area contributed by atoms with Crippen LogP contribution in [0.5, 0.6) is 0 Å². The fourth-order valence-electron chi connectivity index (χ4n) is 0. The van der Waals surface area contributed by atoms with Gasteiger partial charge in [0.05, 0.1) is 0 Å². The van der Waals surface area contributed by atoms with E-state index in [2.05, 4.69) is 26.3 Å². The van der Waals surface area contributed by atoms with Crippen molar-refractivity contribution in [2.75, 3.05) is 0 Å². The Bertz CT molecular complexity index is 13.7. The smallest absolute Gasteiger partial charge is 1.00 e. The van der Waals surface area contributed by atoms with E-state index in [9.17, 15) is 0 Å². The van der Waals surface area contributed by atoms with Gasteiger partial charge in [-0.1, -0.05) is 0 Å². The van der Waals surface area contributed by atoms with Crippen LogP contribution in [0.1, 0.15) is 1.43 Å². The summed E-state index contributed by atoms with van der Waals surface area (Å²) in [7, 11) is 0. The van der Waals surface area contributed by atoms with Crippen molar-refractivity contribution in [2.45, 2.75) is 0 Å².